The average Bonchev–Trinajstić information content (AvgIpc) is 1.00. The fourth-order valence-corrected chi connectivity index (χ4v) is 20.4. The van der Waals surface area contributed by atoms with Gasteiger partial charge in [-0.25, -0.2) is 0 Å². The zero-order valence-electron chi connectivity index (χ0n) is 61.6. The number of furan rings is 2. The van der Waals surface area contributed by atoms with Crippen LogP contribution in [0.2, 0.25) is 0 Å². The number of fused-ring (bicyclic) bond motifs is 16. The number of nitrogens with zero attached hydrogens (tertiary/aromatic N) is 2. The van der Waals surface area contributed by atoms with Gasteiger partial charge in [0.1, 0.15) is 22.3 Å². The van der Waals surface area contributed by atoms with Gasteiger partial charge in [-0.1, -0.05) is 285 Å². The Morgan fingerprint density at radius 3 is 1.18 bits per heavy atom. The lowest BCUT2D eigenvalue weighted by molar-refractivity contribution is 0.668. The molecule has 0 fully saturated rings. The highest BCUT2D eigenvalue weighted by Crippen LogP contribution is 2.52. The van der Waals surface area contributed by atoms with E-state index < -0.39 is 0 Å². The number of para-hydroxylation sites is 2. The van der Waals surface area contributed by atoms with Gasteiger partial charge in [0.25, 0.3) is 0 Å². The Morgan fingerprint density at radius 1 is 0.193 bits per heavy atom. The summed E-state index contributed by atoms with van der Waals surface area (Å²) in [5.41, 5.74) is 26.3. The smallest absolute Gasteiger partial charge is 0.137 e. The quantitative estimate of drug-likeness (QED) is 0.108. The third kappa shape index (κ3) is 10.8. The molecular formula is C108H66N2O2S2. The molecule has 0 bridgehead atoms. The minimum absolute atomic E-state index is 0.849. The molecule has 0 atom stereocenters. The Kier molecular flexibility index (Phi) is 15.3. The molecule has 0 radical (unpaired) electrons. The Balaban J connectivity index is 0.608. The van der Waals surface area contributed by atoms with Gasteiger partial charge in [0.15, 0.2) is 0 Å². The van der Waals surface area contributed by atoms with Crippen molar-refractivity contribution in [3.8, 4) is 77.9 Å². The average molecular weight is 1490 g/mol. The second-order valence-corrected chi connectivity index (χ2v) is 31.8. The molecule has 0 aliphatic heterocycles. The van der Waals surface area contributed by atoms with Crippen LogP contribution in [0.5, 0.6) is 0 Å². The molecule has 19 aromatic carbocycles. The molecule has 0 unspecified atom stereocenters. The molecule has 0 spiro atoms. The van der Waals surface area contributed by atoms with E-state index in [4.69, 9.17) is 8.83 Å². The molecule has 6 heteroatoms. The molecule has 23 rings (SSSR count). The lowest BCUT2D eigenvalue weighted by atomic mass is 9.84. The van der Waals surface area contributed by atoms with Crippen LogP contribution in [0.4, 0.5) is 34.1 Å². The second-order valence-electron chi connectivity index (χ2n) is 29.7. The zero-order chi connectivity index (χ0) is 74.9. The molecule has 23 aromatic rings. The maximum Gasteiger partial charge on any atom is 0.137 e. The number of rotatable bonds is 13. The lowest BCUT2D eigenvalue weighted by Crippen LogP contribution is -2.10. The number of anilines is 6. The first-order valence-electron chi connectivity index (χ1n) is 38.8. The summed E-state index contributed by atoms with van der Waals surface area (Å²) in [6.07, 6.45) is 0. The van der Waals surface area contributed by atoms with Crippen LogP contribution in [0.1, 0.15) is 0 Å². The zero-order valence-corrected chi connectivity index (χ0v) is 63.3. The van der Waals surface area contributed by atoms with Crippen LogP contribution in [0, 0.1) is 0 Å². The van der Waals surface area contributed by atoms with Crippen molar-refractivity contribution in [3.63, 3.8) is 0 Å². The molecule has 0 amide bonds. The number of benzene rings is 19. The van der Waals surface area contributed by atoms with Crippen molar-refractivity contribution in [2.45, 2.75) is 0 Å². The predicted molar refractivity (Wildman–Crippen MR) is 487 cm³/mol. The fourth-order valence-electron chi connectivity index (χ4n) is 18.0. The normalized spacial score (nSPS) is 11.9. The highest BCUT2D eigenvalue weighted by atomic mass is 32.1. The van der Waals surface area contributed by atoms with Crippen molar-refractivity contribution in [1.82, 2.24) is 0 Å². The summed E-state index contributed by atoms with van der Waals surface area (Å²) in [7, 11) is 0. The summed E-state index contributed by atoms with van der Waals surface area (Å²) in [6.45, 7) is 0. The van der Waals surface area contributed by atoms with Gasteiger partial charge < -0.3 is 18.6 Å². The molecule has 4 nitrogen and oxygen atoms in total. The molecule has 0 N–H and O–H groups in total. The Hall–Kier alpha value is -14.4. The summed E-state index contributed by atoms with van der Waals surface area (Å²) in [6, 6.07) is 147. The van der Waals surface area contributed by atoms with Gasteiger partial charge in [-0.05, 0) is 225 Å². The van der Waals surface area contributed by atoms with Crippen LogP contribution < -0.4 is 9.80 Å². The van der Waals surface area contributed by atoms with Gasteiger partial charge in [0, 0.05) is 73.9 Å². The third-order valence-electron chi connectivity index (χ3n) is 23.3. The molecule has 0 aliphatic rings. The first kappa shape index (κ1) is 65.5. The van der Waals surface area contributed by atoms with Crippen molar-refractivity contribution in [2.75, 3.05) is 9.80 Å². The van der Waals surface area contributed by atoms with Crippen LogP contribution >= 0.6 is 22.7 Å². The van der Waals surface area contributed by atoms with E-state index in [-0.39, 0.29) is 0 Å². The van der Waals surface area contributed by atoms with E-state index in [1.165, 1.54) is 134 Å². The van der Waals surface area contributed by atoms with Gasteiger partial charge >= 0.3 is 0 Å². The van der Waals surface area contributed by atoms with E-state index in [0.717, 1.165) is 94.7 Å². The van der Waals surface area contributed by atoms with Crippen LogP contribution in [0.25, 0.3) is 194 Å². The molecular weight excluding hydrogens is 1420 g/mol. The Morgan fingerprint density at radius 2 is 0.579 bits per heavy atom. The summed E-state index contributed by atoms with van der Waals surface area (Å²) in [4.78, 5) is 4.79. The van der Waals surface area contributed by atoms with Crippen molar-refractivity contribution in [1.29, 1.82) is 0 Å². The molecule has 4 heterocycles. The van der Waals surface area contributed by atoms with Crippen LogP contribution in [0.3, 0.4) is 0 Å². The second kappa shape index (κ2) is 26.7. The number of hydrogen-bond acceptors (Lipinski definition) is 6. The first-order chi connectivity index (χ1) is 56.5. The molecule has 0 saturated heterocycles. The van der Waals surface area contributed by atoms with Crippen LogP contribution in [-0.4, -0.2) is 0 Å². The third-order valence-corrected chi connectivity index (χ3v) is 25.6. The van der Waals surface area contributed by atoms with E-state index in [1.54, 1.807) is 0 Å². The van der Waals surface area contributed by atoms with Crippen molar-refractivity contribution < 1.29 is 8.83 Å². The Labute approximate surface area is 665 Å². The minimum Gasteiger partial charge on any atom is -0.456 e. The molecule has 0 saturated carbocycles. The minimum atomic E-state index is 0.849. The van der Waals surface area contributed by atoms with E-state index in [9.17, 15) is 0 Å². The SMILES string of the molecule is c1ccc(-c2c(-c3ccc(N(c4ccc(-c5ccc6c(c5)sc5ccccc56)cc4)c4cccc5oc6ccccc6c45)cc3)c3ccc(-c4ccc5sc6c(-c7ccc(N(c8ccc(-c9cccc%10cccc(-c%11ccccc%11)c9%10)cc8)c8cccc9oc%10ccccc%10c89)cc7)cccc6c5c4)cc3c3ccccc23)cc1. The summed E-state index contributed by atoms with van der Waals surface area (Å²) >= 11 is 3.73. The number of thiophene rings is 2. The maximum absolute atomic E-state index is 6.58. The van der Waals surface area contributed by atoms with E-state index in [1.807, 2.05) is 34.8 Å². The van der Waals surface area contributed by atoms with Gasteiger partial charge in [-0.3, -0.25) is 0 Å². The van der Waals surface area contributed by atoms with E-state index >= 15 is 0 Å². The monoisotopic (exact) mass is 1490 g/mol. The maximum atomic E-state index is 6.58. The molecule has 0 aliphatic carbocycles. The first-order valence-corrected chi connectivity index (χ1v) is 40.5. The van der Waals surface area contributed by atoms with Gasteiger partial charge in [-0.15, -0.1) is 22.7 Å². The highest BCUT2D eigenvalue weighted by Gasteiger charge is 2.26. The summed E-state index contributed by atoms with van der Waals surface area (Å²) in [5.74, 6) is 0. The van der Waals surface area contributed by atoms with Crippen molar-refractivity contribution >= 4 is 173 Å². The van der Waals surface area contributed by atoms with E-state index in [2.05, 4.69) is 398 Å². The molecule has 532 valence electrons. The largest absolute Gasteiger partial charge is 0.456 e. The molecule has 4 aromatic heterocycles. The standard InChI is InChI=1S/C108H66N2O2S2/c1-3-20-68(21-4-1)81-31-15-24-71-25-16-32-82(103(71)81)69-44-55-78(56-45-69)110(95-36-19-40-99-107(95)91-30-10-13-38-97(91)112-99)79-57-46-70(47-58-79)83-33-17-34-89-93-65-75(52-63-101(93)114-108(83)89)74-51-62-88-92(64-74)84-26-7-8-28-87(84)104(72-22-5-2-6-23-72)105(88)73-48-59-80(60-49-73)109(94-35-18-39-98-106(94)90-29-9-12-37-96(90)111-98)77-53-42-67(43-54-77)76-50-61-86-85-27-11-14-41-100(85)113-102(86)66-76/h1-66H. The molecule has 114 heavy (non-hydrogen) atoms. The van der Waals surface area contributed by atoms with Crippen LogP contribution in [0.15, 0.2) is 409 Å². The Bertz CT molecular complexity index is 7760. The van der Waals surface area contributed by atoms with Crippen molar-refractivity contribution in [2.24, 2.45) is 0 Å². The van der Waals surface area contributed by atoms with Crippen LogP contribution in [-0.2, 0) is 0 Å². The van der Waals surface area contributed by atoms with Crippen molar-refractivity contribution in [3.05, 3.63) is 400 Å². The summed E-state index contributed by atoms with van der Waals surface area (Å²) < 4.78 is 18.3. The van der Waals surface area contributed by atoms with E-state index in [0.29, 0.717) is 0 Å². The predicted octanol–water partition coefficient (Wildman–Crippen LogP) is 32.3. The fraction of sp³-hybridized carbons (Fsp3) is 0. The summed E-state index contributed by atoms with van der Waals surface area (Å²) in [5, 5.41) is 16.7. The lowest BCUT2D eigenvalue weighted by Gasteiger charge is -2.27. The number of hydrogen-bond donors (Lipinski definition) is 0. The van der Waals surface area contributed by atoms with Gasteiger partial charge in [-0.2, -0.15) is 0 Å². The van der Waals surface area contributed by atoms with Gasteiger partial charge in [0.05, 0.1) is 22.1 Å². The highest BCUT2D eigenvalue weighted by molar-refractivity contribution is 7.26. The van der Waals surface area contributed by atoms with Gasteiger partial charge in [0.2, 0.25) is 0 Å². The topological polar surface area (TPSA) is 32.8 Å².